The standard InChI is InChI=1S/C24H24N2O3/c27-24(18-7-9-21(10-8-18)29-22-11-14-28-15-12-22)26-17-20-4-1-2-6-23(20)19-5-3-13-25-16-19/h1-10,13,16,22H,11-12,14-15,17H2,(H,26,27). The van der Waals surface area contributed by atoms with Gasteiger partial charge in [0.05, 0.1) is 13.2 Å². The number of carbonyl (C=O) groups excluding carboxylic acids is 1. The Balaban J connectivity index is 1.38. The number of amides is 1. The number of hydrogen-bond acceptors (Lipinski definition) is 4. The zero-order chi connectivity index (χ0) is 19.9. The molecule has 0 unspecified atom stereocenters. The Hall–Kier alpha value is -3.18. The van der Waals surface area contributed by atoms with E-state index in [1.54, 1.807) is 18.3 Å². The minimum absolute atomic E-state index is 0.108. The predicted octanol–water partition coefficient (Wildman–Crippen LogP) is 4.24. The molecule has 2 heterocycles. The van der Waals surface area contributed by atoms with Crippen LogP contribution in [0.4, 0.5) is 0 Å². The van der Waals surface area contributed by atoms with Crippen LogP contribution >= 0.6 is 0 Å². The van der Waals surface area contributed by atoms with Gasteiger partial charge in [-0.05, 0) is 41.5 Å². The van der Waals surface area contributed by atoms with Crippen LogP contribution in [0.25, 0.3) is 11.1 Å². The number of rotatable bonds is 6. The monoisotopic (exact) mass is 388 g/mol. The second kappa shape index (κ2) is 9.34. The lowest BCUT2D eigenvalue weighted by atomic mass is 10.0. The average Bonchev–Trinajstić information content (AvgIpc) is 2.79. The summed E-state index contributed by atoms with van der Waals surface area (Å²) in [5, 5.41) is 3.01. The van der Waals surface area contributed by atoms with E-state index in [4.69, 9.17) is 9.47 Å². The zero-order valence-corrected chi connectivity index (χ0v) is 16.2. The number of carbonyl (C=O) groups is 1. The molecule has 0 bridgehead atoms. The lowest BCUT2D eigenvalue weighted by molar-refractivity contribution is 0.0256. The van der Waals surface area contributed by atoms with Crippen LogP contribution in [0.5, 0.6) is 5.75 Å². The molecule has 1 amide bonds. The van der Waals surface area contributed by atoms with Gasteiger partial charge in [-0.2, -0.15) is 0 Å². The Kier molecular flexibility index (Phi) is 6.17. The van der Waals surface area contributed by atoms with Gasteiger partial charge in [-0.25, -0.2) is 0 Å². The molecule has 1 saturated heterocycles. The van der Waals surface area contributed by atoms with Crippen molar-refractivity contribution in [1.29, 1.82) is 0 Å². The summed E-state index contributed by atoms with van der Waals surface area (Å²) in [5.74, 6) is 0.680. The Morgan fingerprint density at radius 3 is 2.59 bits per heavy atom. The van der Waals surface area contributed by atoms with Gasteiger partial charge >= 0.3 is 0 Å². The summed E-state index contributed by atoms with van der Waals surface area (Å²) >= 11 is 0. The molecule has 1 aliphatic rings. The van der Waals surface area contributed by atoms with E-state index in [1.807, 2.05) is 54.7 Å². The van der Waals surface area contributed by atoms with Gasteiger partial charge in [0.15, 0.2) is 0 Å². The fourth-order valence-electron chi connectivity index (χ4n) is 3.43. The second-order valence-corrected chi connectivity index (χ2v) is 7.04. The van der Waals surface area contributed by atoms with Crippen molar-refractivity contribution >= 4 is 5.91 Å². The van der Waals surface area contributed by atoms with Crippen molar-refractivity contribution in [3.63, 3.8) is 0 Å². The molecule has 0 atom stereocenters. The summed E-state index contributed by atoms with van der Waals surface area (Å²) in [7, 11) is 0. The summed E-state index contributed by atoms with van der Waals surface area (Å²) in [6.07, 6.45) is 5.57. The highest BCUT2D eigenvalue weighted by Crippen LogP contribution is 2.23. The molecule has 0 aliphatic carbocycles. The molecule has 2 aromatic carbocycles. The molecular formula is C24H24N2O3. The van der Waals surface area contributed by atoms with Crippen LogP contribution < -0.4 is 10.1 Å². The summed E-state index contributed by atoms with van der Waals surface area (Å²) in [4.78, 5) is 16.8. The minimum Gasteiger partial charge on any atom is -0.490 e. The third kappa shape index (κ3) is 5.00. The summed E-state index contributed by atoms with van der Waals surface area (Å²) in [5.41, 5.74) is 3.77. The summed E-state index contributed by atoms with van der Waals surface area (Å²) in [6, 6.07) is 19.3. The topological polar surface area (TPSA) is 60.5 Å². The zero-order valence-electron chi connectivity index (χ0n) is 16.2. The molecule has 0 radical (unpaired) electrons. The van der Waals surface area contributed by atoms with Gasteiger partial charge < -0.3 is 14.8 Å². The molecule has 1 aliphatic heterocycles. The van der Waals surface area contributed by atoms with Crippen LogP contribution in [0.1, 0.15) is 28.8 Å². The van der Waals surface area contributed by atoms with Crippen molar-refractivity contribution in [2.24, 2.45) is 0 Å². The Morgan fingerprint density at radius 1 is 1.03 bits per heavy atom. The van der Waals surface area contributed by atoms with E-state index in [1.165, 1.54) is 0 Å². The number of nitrogens with one attached hydrogen (secondary N) is 1. The van der Waals surface area contributed by atoms with E-state index < -0.39 is 0 Å². The van der Waals surface area contributed by atoms with Gasteiger partial charge in [0.1, 0.15) is 11.9 Å². The molecule has 1 fully saturated rings. The third-order valence-corrected chi connectivity index (χ3v) is 5.02. The van der Waals surface area contributed by atoms with E-state index >= 15 is 0 Å². The Bertz CT molecular complexity index is 936. The first-order chi connectivity index (χ1) is 14.3. The first-order valence-electron chi connectivity index (χ1n) is 9.90. The van der Waals surface area contributed by atoms with E-state index in [2.05, 4.69) is 10.3 Å². The first-order valence-corrected chi connectivity index (χ1v) is 9.90. The average molecular weight is 388 g/mol. The molecule has 4 rings (SSSR count). The number of pyridine rings is 1. The van der Waals surface area contributed by atoms with Crippen LogP contribution in [-0.2, 0) is 11.3 Å². The van der Waals surface area contributed by atoms with Crippen LogP contribution in [0.2, 0.25) is 0 Å². The highest BCUT2D eigenvalue weighted by molar-refractivity contribution is 5.94. The number of aromatic nitrogens is 1. The van der Waals surface area contributed by atoms with Gasteiger partial charge in [-0.1, -0.05) is 30.3 Å². The normalized spacial score (nSPS) is 14.3. The summed E-state index contributed by atoms with van der Waals surface area (Å²) < 4.78 is 11.3. The van der Waals surface area contributed by atoms with Crippen molar-refractivity contribution in [1.82, 2.24) is 10.3 Å². The highest BCUT2D eigenvalue weighted by atomic mass is 16.5. The summed E-state index contributed by atoms with van der Waals surface area (Å²) in [6.45, 7) is 1.93. The number of hydrogen-bond donors (Lipinski definition) is 1. The van der Waals surface area contributed by atoms with Crippen molar-refractivity contribution in [2.45, 2.75) is 25.5 Å². The second-order valence-electron chi connectivity index (χ2n) is 7.04. The van der Waals surface area contributed by atoms with E-state index in [9.17, 15) is 4.79 Å². The minimum atomic E-state index is -0.108. The molecule has 0 saturated carbocycles. The quantitative estimate of drug-likeness (QED) is 0.686. The molecule has 5 nitrogen and oxygen atoms in total. The Labute approximate surface area is 170 Å². The molecule has 1 N–H and O–H groups in total. The third-order valence-electron chi connectivity index (χ3n) is 5.02. The fourth-order valence-corrected chi connectivity index (χ4v) is 3.43. The van der Waals surface area contributed by atoms with Crippen molar-refractivity contribution in [3.05, 3.63) is 84.2 Å². The van der Waals surface area contributed by atoms with Gasteiger partial charge in [-0.15, -0.1) is 0 Å². The number of benzene rings is 2. The lowest BCUT2D eigenvalue weighted by Gasteiger charge is -2.23. The maximum absolute atomic E-state index is 12.6. The fraction of sp³-hybridized carbons (Fsp3) is 0.250. The number of ether oxygens (including phenoxy) is 2. The van der Waals surface area contributed by atoms with Gasteiger partial charge in [0.25, 0.3) is 5.91 Å². The molecule has 29 heavy (non-hydrogen) atoms. The van der Waals surface area contributed by atoms with E-state index in [0.717, 1.165) is 48.5 Å². The van der Waals surface area contributed by atoms with Gasteiger partial charge in [0.2, 0.25) is 0 Å². The van der Waals surface area contributed by atoms with E-state index in [0.29, 0.717) is 12.1 Å². The molecule has 0 spiro atoms. The lowest BCUT2D eigenvalue weighted by Crippen LogP contribution is -2.26. The van der Waals surface area contributed by atoms with Crippen LogP contribution in [-0.4, -0.2) is 30.2 Å². The van der Waals surface area contributed by atoms with E-state index in [-0.39, 0.29) is 12.0 Å². The van der Waals surface area contributed by atoms with Crippen LogP contribution in [0.3, 0.4) is 0 Å². The largest absolute Gasteiger partial charge is 0.490 e. The molecular weight excluding hydrogens is 364 g/mol. The maximum atomic E-state index is 12.6. The Morgan fingerprint density at radius 2 is 1.83 bits per heavy atom. The molecule has 3 aromatic rings. The van der Waals surface area contributed by atoms with Crippen LogP contribution in [0.15, 0.2) is 73.1 Å². The molecule has 148 valence electrons. The molecule has 1 aromatic heterocycles. The van der Waals surface area contributed by atoms with Crippen LogP contribution in [0, 0.1) is 0 Å². The van der Waals surface area contributed by atoms with Crippen molar-refractivity contribution in [2.75, 3.05) is 13.2 Å². The van der Waals surface area contributed by atoms with Gasteiger partial charge in [0, 0.05) is 42.9 Å². The van der Waals surface area contributed by atoms with Crippen molar-refractivity contribution in [3.8, 4) is 16.9 Å². The first kappa shape index (κ1) is 19.2. The SMILES string of the molecule is O=C(NCc1ccccc1-c1cccnc1)c1ccc(OC2CCOCC2)cc1. The highest BCUT2D eigenvalue weighted by Gasteiger charge is 2.15. The van der Waals surface area contributed by atoms with Crippen molar-refractivity contribution < 1.29 is 14.3 Å². The molecule has 5 heteroatoms. The predicted molar refractivity (Wildman–Crippen MR) is 112 cm³/mol. The maximum Gasteiger partial charge on any atom is 0.251 e. The smallest absolute Gasteiger partial charge is 0.251 e. The number of nitrogens with zero attached hydrogens (tertiary/aromatic N) is 1. The van der Waals surface area contributed by atoms with Gasteiger partial charge in [-0.3, -0.25) is 9.78 Å².